The summed E-state index contributed by atoms with van der Waals surface area (Å²) in [6.45, 7) is 0.873. The molecule has 0 amide bonds. The van der Waals surface area contributed by atoms with Gasteiger partial charge in [0, 0.05) is 6.54 Å². The van der Waals surface area contributed by atoms with E-state index in [1.54, 1.807) is 6.20 Å². The van der Waals surface area contributed by atoms with Crippen LogP contribution < -0.4 is 11.1 Å². The molecule has 0 fully saturated rings. The SMILES string of the molecule is CSCCCNc1nc(N)nc2[nH]ncc12. The predicted octanol–water partition coefficient (Wildman–Crippen LogP) is 1.10. The molecule has 2 aromatic rings. The first-order chi connectivity index (χ1) is 7.81. The van der Waals surface area contributed by atoms with Gasteiger partial charge in [-0.1, -0.05) is 0 Å². The van der Waals surface area contributed by atoms with E-state index in [0.29, 0.717) is 5.65 Å². The molecule has 2 rings (SSSR count). The topological polar surface area (TPSA) is 92.5 Å². The summed E-state index contributed by atoms with van der Waals surface area (Å²) in [4.78, 5) is 8.21. The lowest BCUT2D eigenvalue weighted by Crippen LogP contribution is -2.07. The highest BCUT2D eigenvalue weighted by Crippen LogP contribution is 2.18. The number of nitrogens with zero attached hydrogens (tertiary/aromatic N) is 3. The quantitative estimate of drug-likeness (QED) is 0.675. The number of fused-ring (bicyclic) bond motifs is 1. The van der Waals surface area contributed by atoms with E-state index >= 15 is 0 Å². The van der Waals surface area contributed by atoms with Crippen molar-refractivity contribution in [2.75, 3.05) is 29.6 Å². The molecular weight excluding hydrogens is 224 g/mol. The third kappa shape index (κ3) is 2.35. The Morgan fingerprint density at radius 3 is 3.19 bits per heavy atom. The van der Waals surface area contributed by atoms with Crippen molar-refractivity contribution in [3.63, 3.8) is 0 Å². The number of nitrogens with one attached hydrogen (secondary N) is 2. The first-order valence-electron chi connectivity index (χ1n) is 5.00. The largest absolute Gasteiger partial charge is 0.369 e. The maximum absolute atomic E-state index is 5.60. The van der Waals surface area contributed by atoms with E-state index in [1.807, 2.05) is 11.8 Å². The van der Waals surface area contributed by atoms with Gasteiger partial charge >= 0.3 is 0 Å². The molecule has 0 radical (unpaired) electrons. The van der Waals surface area contributed by atoms with Crippen LogP contribution in [0.3, 0.4) is 0 Å². The number of rotatable bonds is 5. The minimum absolute atomic E-state index is 0.254. The summed E-state index contributed by atoms with van der Waals surface area (Å²) < 4.78 is 0. The standard InChI is InChI=1S/C9H14N6S/c1-16-4-2-3-11-7-6-5-12-15-8(6)14-9(10)13-7/h5H,2-4H2,1H3,(H4,10,11,12,13,14,15). The summed E-state index contributed by atoms with van der Waals surface area (Å²) in [6, 6.07) is 0. The first-order valence-corrected chi connectivity index (χ1v) is 6.40. The monoisotopic (exact) mass is 238 g/mol. The molecule has 0 saturated carbocycles. The summed E-state index contributed by atoms with van der Waals surface area (Å²) in [5.41, 5.74) is 6.27. The third-order valence-corrected chi connectivity index (χ3v) is 2.84. The van der Waals surface area contributed by atoms with Gasteiger partial charge in [-0.05, 0) is 18.4 Å². The minimum atomic E-state index is 0.254. The molecule has 0 aliphatic heterocycles. The molecular formula is C9H14N6S. The lowest BCUT2D eigenvalue weighted by Gasteiger charge is -2.06. The van der Waals surface area contributed by atoms with Crippen LogP contribution in [0.4, 0.5) is 11.8 Å². The highest BCUT2D eigenvalue weighted by Gasteiger charge is 2.06. The van der Waals surface area contributed by atoms with Crippen molar-refractivity contribution in [1.82, 2.24) is 20.2 Å². The minimum Gasteiger partial charge on any atom is -0.369 e. The number of anilines is 2. The Morgan fingerprint density at radius 2 is 2.38 bits per heavy atom. The summed E-state index contributed by atoms with van der Waals surface area (Å²) in [5, 5.41) is 10.8. The zero-order valence-electron chi connectivity index (χ0n) is 9.03. The van der Waals surface area contributed by atoms with Crippen LogP contribution in [0, 0.1) is 0 Å². The molecule has 0 aromatic carbocycles. The Kier molecular flexibility index (Phi) is 3.45. The van der Waals surface area contributed by atoms with Crippen molar-refractivity contribution in [1.29, 1.82) is 0 Å². The van der Waals surface area contributed by atoms with Gasteiger partial charge in [0.15, 0.2) is 5.65 Å². The summed E-state index contributed by atoms with van der Waals surface area (Å²) in [5.74, 6) is 2.13. The van der Waals surface area contributed by atoms with Gasteiger partial charge in [-0.2, -0.15) is 26.8 Å². The van der Waals surface area contributed by atoms with Crippen molar-refractivity contribution in [3.8, 4) is 0 Å². The van der Waals surface area contributed by atoms with Crippen LogP contribution >= 0.6 is 11.8 Å². The van der Waals surface area contributed by atoms with Crippen LogP contribution in [0.25, 0.3) is 11.0 Å². The van der Waals surface area contributed by atoms with Gasteiger partial charge in [0.05, 0.1) is 11.6 Å². The fourth-order valence-electron chi connectivity index (χ4n) is 1.41. The number of aromatic nitrogens is 4. The summed E-state index contributed by atoms with van der Waals surface area (Å²) >= 11 is 1.83. The van der Waals surface area contributed by atoms with Crippen LogP contribution in [-0.2, 0) is 0 Å². The number of hydrogen-bond donors (Lipinski definition) is 3. The highest BCUT2D eigenvalue weighted by molar-refractivity contribution is 7.98. The van der Waals surface area contributed by atoms with E-state index in [1.165, 1.54) is 0 Å². The molecule has 2 aromatic heterocycles. The number of hydrogen-bond acceptors (Lipinski definition) is 6. The van der Waals surface area contributed by atoms with E-state index in [0.717, 1.165) is 29.9 Å². The van der Waals surface area contributed by atoms with Gasteiger partial charge in [0.25, 0.3) is 0 Å². The van der Waals surface area contributed by atoms with Crippen molar-refractivity contribution < 1.29 is 0 Å². The van der Waals surface area contributed by atoms with Gasteiger partial charge in [-0.3, -0.25) is 5.10 Å². The van der Waals surface area contributed by atoms with E-state index in [-0.39, 0.29) is 5.95 Å². The van der Waals surface area contributed by atoms with Crippen molar-refractivity contribution >= 4 is 34.6 Å². The maximum Gasteiger partial charge on any atom is 0.224 e. The molecule has 0 aliphatic rings. The van der Waals surface area contributed by atoms with Gasteiger partial charge < -0.3 is 11.1 Å². The molecule has 0 saturated heterocycles. The molecule has 16 heavy (non-hydrogen) atoms. The van der Waals surface area contributed by atoms with Crippen LogP contribution in [0.2, 0.25) is 0 Å². The summed E-state index contributed by atoms with van der Waals surface area (Å²) in [6.07, 6.45) is 4.88. The average molecular weight is 238 g/mol. The van der Waals surface area contributed by atoms with Crippen LogP contribution in [0.5, 0.6) is 0 Å². The maximum atomic E-state index is 5.60. The van der Waals surface area contributed by atoms with Gasteiger partial charge in [-0.15, -0.1) is 0 Å². The number of nitrogen functional groups attached to an aromatic ring is 1. The van der Waals surface area contributed by atoms with E-state index < -0.39 is 0 Å². The molecule has 86 valence electrons. The number of thioether (sulfide) groups is 1. The van der Waals surface area contributed by atoms with E-state index in [4.69, 9.17) is 5.73 Å². The normalized spacial score (nSPS) is 10.8. The fourth-order valence-corrected chi connectivity index (χ4v) is 1.84. The Bertz CT molecular complexity index is 468. The number of nitrogens with two attached hydrogens (primary N) is 1. The molecule has 0 aliphatic carbocycles. The van der Waals surface area contributed by atoms with Crippen molar-refractivity contribution in [2.45, 2.75) is 6.42 Å². The van der Waals surface area contributed by atoms with Crippen LogP contribution in [-0.4, -0.2) is 38.7 Å². The fraction of sp³-hybridized carbons (Fsp3) is 0.444. The third-order valence-electron chi connectivity index (χ3n) is 2.14. The number of aromatic amines is 1. The Balaban J connectivity index is 2.12. The van der Waals surface area contributed by atoms with Crippen LogP contribution in [0.15, 0.2) is 6.20 Å². The second kappa shape index (κ2) is 5.02. The first kappa shape index (κ1) is 11.0. The van der Waals surface area contributed by atoms with E-state index in [2.05, 4.69) is 31.7 Å². The van der Waals surface area contributed by atoms with E-state index in [9.17, 15) is 0 Å². The molecule has 6 nitrogen and oxygen atoms in total. The van der Waals surface area contributed by atoms with Gasteiger partial charge in [0.1, 0.15) is 5.82 Å². The lowest BCUT2D eigenvalue weighted by molar-refractivity contribution is 0.983. The van der Waals surface area contributed by atoms with Gasteiger partial charge in [-0.25, -0.2) is 0 Å². The molecule has 4 N–H and O–H groups in total. The Hall–Kier alpha value is -1.50. The molecule has 0 spiro atoms. The molecule has 0 atom stereocenters. The summed E-state index contributed by atoms with van der Waals surface area (Å²) in [7, 11) is 0. The Morgan fingerprint density at radius 1 is 1.50 bits per heavy atom. The Labute approximate surface area is 97.4 Å². The second-order valence-electron chi connectivity index (χ2n) is 3.34. The van der Waals surface area contributed by atoms with Crippen LogP contribution in [0.1, 0.15) is 6.42 Å². The van der Waals surface area contributed by atoms with Crippen molar-refractivity contribution in [2.24, 2.45) is 0 Å². The molecule has 7 heteroatoms. The lowest BCUT2D eigenvalue weighted by atomic mass is 10.4. The highest BCUT2D eigenvalue weighted by atomic mass is 32.2. The molecule has 2 heterocycles. The smallest absolute Gasteiger partial charge is 0.224 e. The predicted molar refractivity (Wildman–Crippen MR) is 67.6 cm³/mol. The van der Waals surface area contributed by atoms with Crippen molar-refractivity contribution in [3.05, 3.63) is 6.20 Å². The van der Waals surface area contributed by atoms with Gasteiger partial charge in [0.2, 0.25) is 5.95 Å². The molecule has 0 bridgehead atoms. The molecule has 0 unspecified atom stereocenters. The second-order valence-corrected chi connectivity index (χ2v) is 4.32. The number of H-pyrrole nitrogens is 1. The zero-order chi connectivity index (χ0) is 11.4. The zero-order valence-corrected chi connectivity index (χ0v) is 9.84. The average Bonchev–Trinajstić information content (AvgIpc) is 2.72.